The van der Waals surface area contributed by atoms with Gasteiger partial charge in [-0.15, -0.1) is 0 Å². The Bertz CT molecular complexity index is 514. The summed E-state index contributed by atoms with van der Waals surface area (Å²) in [4.78, 5) is 0. The molecule has 0 aliphatic heterocycles. The van der Waals surface area contributed by atoms with E-state index >= 15 is 0 Å². The summed E-state index contributed by atoms with van der Waals surface area (Å²) in [5, 5.41) is 9.46. The zero-order valence-corrected chi connectivity index (χ0v) is 12.5. The summed E-state index contributed by atoms with van der Waals surface area (Å²) < 4.78 is 5.77. The summed E-state index contributed by atoms with van der Waals surface area (Å²) >= 11 is 0. The summed E-state index contributed by atoms with van der Waals surface area (Å²) in [7, 11) is 0. The van der Waals surface area contributed by atoms with Crippen LogP contribution in [0, 0.1) is 11.8 Å². The van der Waals surface area contributed by atoms with Crippen molar-refractivity contribution in [1.82, 2.24) is 0 Å². The standard InChI is InChI=1S/C18H24O2/c1-12(2)11-20-14(4)16-6-8-17-9-15(13(3)19)5-7-18(17)10-16/h5,7,9,12,16,19H,3-4,6,8,10-11H2,1-2H3. The van der Waals surface area contributed by atoms with Crippen LogP contribution in [0.4, 0.5) is 0 Å². The molecule has 0 aromatic heterocycles. The second kappa shape index (κ2) is 6.17. The molecule has 0 radical (unpaired) electrons. The molecule has 0 heterocycles. The van der Waals surface area contributed by atoms with Crippen molar-refractivity contribution >= 4 is 5.76 Å². The third kappa shape index (κ3) is 3.44. The van der Waals surface area contributed by atoms with Crippen molar-refractivity contribution in [2.75, 3.05) is 6.61 Å². The normalized spacial score (nSPS) is 17.6. The molecule has 1 unspecified atom stereocenters. The van der Waals surface area contributed by atoms with E-state index in [2.05, 4.69) is 33.1 Å². The average Bonchev–Trinajstić information content (AvgIpc) is 2.43. The topological polar surface area (TPSA) is 29.5 Å². The molecule has 1 aliphatic carbocycles. The van der Waals surface area contributed by atoms with Crippen LogP contribution in [0.25, 0.3) is 5.76 Å². The van der Waals surface area contributed by atoms with E-state index in [1.165, 1.54) is 11.1 Å². The van der Waals surface area contributed by atoms with Crippen LogP contribution in [0.15, 0.2) is 37.1 Å². The molecule has 0 spiro atoms. The Morgan fingerprint density at radius 2 is 2.10 bits per heavy atom. The number of hydrogen-bond acceptors (Lipinski definition) is 2. The molecule has 1 N–H and O–H groups in total. The fraction of sp³-hybridized carbons (Fsp3) is 0.444. The van der Waals surface area contributed by atoms with Gasteiger partial charge >= 0.3 is 0 Å². The van der Waals surface area contributed by atoms with E-state index in [-0.39, 0.29) is 5.76 Å². The van der Waals surface area contributed by atoms with Crippen molar-refractivity contribution in [2.24, 2.45) is 11.8 Å². The lowest BCUT2D eigenvalue weighted by Gasteiger charge is -2.27. The van der Waals surface area contributed by atoms with Crippen LogP contribution in [0.5, 0.6) is 0 Å². The number of allylic oxidation sites excluding steroid dienone is 1. The number of aryl methyl sites for hydroxylation is 1. The molecule has 1 aromatic rings. The maximum absolute atomic E-state index is 9.46. The van der Waals surface area contributed by atoms with Crippen LogP contribution in [0.1, 0.15) is 37.0 Å². The predicted octanol–water partition coefficient (Wildman–Crippen LogP) is 4.51. The van der Waals surface area contributed by atoms with Gasteiger partial charge in [0, 0.05) is 11.5 Å². The number of aliphatic hydroxyl groups is 1. The molecule has 2 nitrogen and oxygen atoms in total. The Morgan fingerprint density at radius 1 is 1.35 bits per heavy atom. The highest BCUT2D eigenvalue weighted by Crippen LogP contribution is 2.31. The molecule has 20 heavy (non-hydrogen) atoms. The van der Waals surface area contributed by atoms with E-state index in [0.29, 0.717) is 11.8 Å². The molecular weight excluding hydrogens is 248 g/mol. The number of hydrogen-bond donors (Lipinski definition) is 1. The van der Waals surface area contributed by atoms with Gasteiger partial charge in [0.05, 0.1) is 12.4 Å². The number of rotatable bonds is 5. The quantitative estimate of drug-likeness (QED) is 0.799. The largest absolute Gasteiger partial charge is 0.508 e. The van der Waals surface area contributed by atoms with Crippen LogP contribution < -0.4 is 0 Å². The second-order valence-electron chi connectivity index (χ2n) is 6.04. The molecule has 1 atom stereocenters. The molecule has 0 saturated heterocycles. The number of aliphatic hydroxyl groups excluding tert-OH is 1. The van der Waals surface area contributed by atoms with E-state index in [4.69, 9.17) is 4.74 Å². The molecule has 2 heteroatoms. The van der Waals surface area contributed by atoms with Gasteiger partial charge in [-0.3, -0.25) is 0 Å². The Balaban J connectivity index is 2.04. The van der Waals surface area contributed by atoms with E-state index in [0.717, 1.165) is 37.2 Å². The fourth-order valence-corrected chi connectivity index (χ4v) is 2.60. The number of fused-ring (bicyclic) bond motifs is 1. The zero-order chi connectivity index (χ0) is 14.7. The second-order valence-corrected chi connectivity index (χ2v) is 6.04. The minimum absolute atomic E-state index is 0.139. The zero-order valence-electron chi connectivity index (χ0n) is 12.5. The molecule has 2 rings (SSSR count). The highest BCUT2D eigenvalue weighted by molar-refractivity contribution is 5.58. The first-order chi connectivity index (χ1) is 9.47. The first kappa shape index (κ1) is 14.7. The van der Waals surface area contributed by atoms with Gasteiger partial charge in [0.1, 0.15) is 5.76 Å². The summed E-state index contributed by atoms with van der Waals surface area (Å²) in [5.74, 6) is 1.99. The first-order valence-electron chi connectivity index (χ1n) is 7.29. The minimum atomic E-state index is 0.139. The first-order valence-corrected chi connectivity index (χ1v) is 7.29. The van der Waals surface area contributed by atoms with Gasteiger partial charge < -0.3 is 9.84 Å². The van der Waals surface area contributed by atoms with Gasteiger partial charge in [-0.2, -0.15) is 0 Å². The molecule has 0 amide bonds. The fourth-order valence-electron chi connectivity index (χ4n) is 2.60. The lowest BCUT2D eigenvalue weighted by molar-refractivity contribution is 0.146. The van der Waals surface area contributed by atoms with Crippen molar-refractivity contribution < 1.29 is 9.84 Å². The maximum Gasteiger partial charge on any atom is 0.115 e. The van der Waals surface area contributed by atoms with Crippen molar-refractivity contribution in [2.45, 2.75) is 33.1 Å². The van der Waals surface area contributed by atoms with E-state index in [1.807, 2.05) is 12.1 Å². The molecule has 108 valence electrons. The summed E-state index contributed by atoms with van der Waals surface area (Å²) in [6.45, 7) is 12.7. The minimum Gasteiger partial charge on any atom is -0.508 e. The Kier molecular flexibility index (Phi) is 4.53. The van der Waals surface area contributed by atoms with Crippen molar-refractivity contribution in [3.63, 3.8) is 0 Å². The van der Waals surface area contributed by atoms with Gasteiger partial charge in [-0.1, -0.05) is 39.1 Å². The molecule has 0 bridgehead atoms. The lowest BCUT2D eigenvalue weighted by Crippen LogP contribution is -2.18. The Hall–Kier alpha value is -1.70. The van der Waals surface area contributed by atoms with Crippen LogP contribution in [-0.4, -0.2) is 11.7 Å². The van der Waals surface area contributed by atoms with Gasteiger partial charge in [0.15, 0.2) is 0 Å². The molecule has 0 saturated carbocycles. The lowest BCUT2D eigenvalue weighted by atomic mass is 9.82. The Labute approximate surface area is 121 Å². The summed E-state index contributed by atoms with van der Waals surface area (Å²) in [6, 6.07) is 6.07. The van der Waals surface area contributed by atoms with Crippen LogP contribution >= 0.6 is 0 Å². The molecule has 0 fully saturated rings. The Morgan fingerprint density at radius 3 is 2.75 bits per heavy atom. The molecule has 1 aromatic carbocycles. The molecule has 1 aliphatic rings. The van der Waals surface area contributed by atoms with Crippen LogP contribution in [-0.2, 0) is 17.6 Å². The predicted molar refractivity (Wildman–Crippen MR) is 83.5 cm³/mol. The highest BCUT2D eigenvalue weighted by Gasteiger charge is 2.22. The monoisotopic (exact) mass is 272 g/mol. The van der Waals surface area contributed by atoms with E-state index in [1.54, 1.807) is 0 Å². The van der Waals surface area contributed by atoms with Gasteiger partial charge in [0.2, 0.25) is 0 Å². The third-order valence-corrected chi connectivity index (χ3v) is 3.83. The maximum atomic E-state index is 9.46. The van der Waals surface area contributed by atoms with Gasteiger partial charge in [-0.25, -0.2) is 0 Å². The van der Waals surface area contributed by atoms with Crippen LogP contribution in [0.3, 0.4) is 0 Å². The molecular formula is C18H24O2. The summed E-state index contributed by atoms with van der Waals surface area (Å²) in [5.41, 5.74) is 3.46. The van der Waals surface area contributed by atoms with E-state index < -0.39 is 0 Å². The van der Waals surface area contributed by atoms with Crippen LogP contribution in [0.2, 0.25) is 0 Å². The highest BCUT2D eigenvalue weighted by atomic mass is 16.5. The van der Waals surface area contributed by atoms with Crippen molar-refractivity contribution in [3.05, 3.63) is 53.8 Å². The number of benzene rings is 1. The van der Waals surface area contributed by atoms with Crippen molar-refractivity contribution in [1.29, 1.82) is 0 Å². The SMILES string of the molecule is C=C(O)c1ccc2c(c1)CCC(C(=C)OCC(C)C)C2. The van der Waals surface area contributed by atoms with E-state index in [9.17, 15) is 5.11 Å². The average molecular weight is 272 g/mol. The van der Waals surface area contributed by atoms with Gasteiger partial charge in [0.25, 0.3) is 0 Å². The van der Waals surface area contributed by atoms with Crippen molar-refractivity contribution in [3.8, 4) is 0 Å². The smallest absolute Gasteiger partial charge is 0.115 e. The third-order valence-electron chi connectivity index (χ3n) is 3.83. The number of ether oxygens (including phenoxy) is 1. The summed E-state index contributed by atoms with van der Waals surface area (Å²) in [6.07, 6.45) is 3.04. The van der Waals surface area contributed by atoms with Gasteiger partial charge in [-0.05, 0) is 42.4 Å².